The van der Waals surface area contributed by atoms with Gasteiger partial charge in [-0.2, -0.15) is 0 Å². The molecule has 358 valence electrons. The van der Waals surface area contributed by atoms with Gasteiger partial charge in [-0.25, -0.2) is 19.9 Å². The van der Waals surface area contributed by atoms with E-state index >= 15 is 0 Å². The van der Waals surface area contributed by atoms with Crippen LogP contribution >= 0.6 is 0 Å². The predicted molar refractivity (Wildman–Crippen MR) is 314 cm³/mol. The molecule has 0 unspecified atom stereocenters. The summed E-state index contributed by atoms with van der Waals surface area (Å²) in [6.45, 7) is 0. The molecule has 0 aliphatic carbocycles. The molecular weight excluding hydrogens is 941 g/mol. The molecule has 0 bridgehead atoms. The molecule has 0 atom stereocenters. The van der Waals surface area contributed by atoms with E-state index in [1.54, 1.807) is 0 Å². The van der Waals surface area contributed by atoms with Crippen molar-refractivity contribution < 1.29 is 0 Å². The molecule has 4 heterocycles. The van der Waals surface area contributed by atoms with Gasteiger partial charge in [-0.1, -0.05) is 231 Å². The predicted octanol–water partition coefficient (Wildman–Crippen LogP) is 12.9. The highest BCUT2D eigenvalue weighted by Crippen LogP contribution is 2.45. The molecule has 0 saturated heterocycles. The molecule has 7 heteroatoms. The number of hydrogen-bond donors (Lipinski definition) is 0. The second-order valence-electron chi connectivity index (χ2n) is 19.3. The van der Waals surface area contributed by atoms with Crippen molar-refractivity contribution in [2.75, 3.05) is 0 Å². The van der Waals surface area contributed by atoms with Gasteiger partial charge in [-0.3, -0.25) is 9.13 Å². The number of nitrogens with zero attached hydrogens (tertiary/aromatic N) is 6. The lowest BCUT2D eigenvalue weighted by Crippen LogP contribution is -2.75. The minimum Gasteiger partial charge on any atom is -0.278 e. The summed E-state index contributed by atoms with van der Waals surface area (Å²) in [6, 6.07) is 100.0. The molecule has 10 aromatic carbocycles. The molecule has 0 aliphatic rings. The van der Waals surface area contributed by atoms with E-state index in [9.17, 15) is 0 Å². The first-order chi connectivity index (χ1) is 37.7. The minimum atomic E-state index is -2.92. The summed E-state index contributed by atoms with van der Waals surface area (Å²) >= 11 is 0. The summed E-state index contributed by atoms with van der Waals surface area (Å²) < 4.78 is 4.46. The van der Waals surface area contributed by atoms with Gasteiger partial charge >= 0.3 is 0 Å². The van der Waals surface area contributed by atoms with Crippen LogP contribution in [0.25, 0.3) is 66.6 Å². The normalized spacial score (nSPS) is 11.9. The van der Waals surface area contributed by atoms with Crippen molar-refractivity contribution in [3.05, 3.63) is 314 Å². The van der Waals surface area contributed by atoms with Gasteiger partial charge in [-0.15, -0.1) is 0 Å². The number of hydrogen-bond acceptors (Lipinski definition) is 4. The summed E-state index contributed by atoms with van der Waals surface area (Å²) in [6.07, 6.45) is 3.86. The number of fused-ring (bicyclic) bond motifs is 6. The van der Waals surface area contributed by atoms with Crippen LogP contribution in [0.3, 0.4) is 0 Å². The standard InChI is InChI=1S/C69H48N6Si/c1-7-23-51(24-8-1)69(52-25-9-2-10-26-52,53-27-11-3-12-28-53)65-43-45-70-67(72-65)74-61-37-21-19-35-57(61)59-47-49(39-41-63(59)74)50-40-42-64-60(48-50)58-36-20-22-38-62(58)75(64)68-71-46-44-66(73-68)76(54-29-13-4-14-30-54,55-31-15-5-16-32-55)56-33-17-6-18-34-56/h1-48H. The maximum atomic E-state index is 5.65. The molecule has 14 rings (SSSR count). The zero-order valence-corrected chi connectivity index (χ0v) is 42.4. The van der Waals surface area contributed by atoms with Gasteiger partial charge in [0.05, 0.1) is 33.2 Å². The lowest BCUT2D eigenvalue weighted by Gasteiger charge is -2.35. The van der Waals surface area contributed by atoms with Crippen molar-refractivity contribution in [1.82, 2.24) is 29.1 Å². The fraction of sp³-hybridized carbons (Fsp3) is 0.0145. The van der Waals surface area contributed by atoms with Crippen LogP contribution in [0, 0.1) is 0 Å². The minimum absolute atomic E-state index is 0.611. The van der Waals surface area contributed by atoms with E-state index in [2.05, 4.69) is 288 Å². The van der Waals surface area contributed by atoms with E-state index in [1.807, 2.05) is 12.4 Å². The van der Waals surface area contributed by atoms with E-state index in [4.69, 9.17) is 19.9 Å². The van der Waals surface area contributed by atoms with Gasteiger partial charge in [0.15, 0.2) is 0 Å². The van der Waals surface area contributed by atoms with E-state index < -0.39 is 13.5 Å². The molecule has 0 fully saturated rings. The molecule has 14 aromatic rings. The van der Waals surface area contributed by atoms with Crippen molar-refractivity contribution in [3.63, 3.8) is 0 Å². The summed E-state index contributed by atoms with van der Waals surface area (Å²) in [5.74, 6) is 1.26. The zero-order valence-electron chi connectivity index (χ0n) is 41.4. The number of benzene rings is 10. The van der Waals surface area contributed by atoms with Crippen LogP contribution < -0.4 is 20.9 Å². The average Bonchev–Trinajstić information content (AvgIpc) is 4.10. The highest BCUT2D eigenvalue weighted by molar-refractivity contribution is 7.19. The van der Waals surface area contributed by atoms with Crippen LogP contribution in [0.1, 0.15) is 22.4 Å². The molecule has 6 nitrogen and oxygen atoms in total. The maximum absolute atomic E-state index is 5.65. The zero-order chi connectivity index (χ0) is 50.5. The van der Waals surface area contributed by atoms with Gasteiger partial charge in [0.1, 0.15) is 0 Å². The Morgan fingerprint density at radius 3 is 1.09 bits per heavy atom. The fourth-order valence-corrected chi connectivity index (χ4v) is 16.6. The quantitative estimate of drug-likeness (QED) is 0.0957. The third-order valence-electron chi connectivity index (χ3n) is 15.4. The Morgan fingerprint density at radius 2 is 0.658 bits per heavy atom. The second kappa shape index (κ2) is 18.6. The molecule has 0 saturated carbocycles. The number of aromatic nitrogens is 6. The van der Waals surface area contributed by atoms with Gasteiger partial charge < -0.3 is 0 Å². The first-order valence-corrected chi connectivity index (χ1v) is 27.8. The van der Waals surface area contributed by atoms with E-state index in [1.165, 1.54) is 15.6 Å². The van der Waals surface area contributed by atoms with Gasteiger partial charge in [0.25, 0.3) is 0 Å². The molecule has 0 amide bonds. The van der Waals surface area contributed by atoms with Gasteiger partial charge in [-0.05, 0) is 91.9 Å². The Labute approximate surface area is 441 Å². The summed E-state index contributed by atoms with van der Waals surface area (Å²) in [5, 5.41) is 9.34. The van der Waals surface area contributed by atoms with E-state index in [0.29, 0.717) is 11.9 Å². The van der Waals surface area contributed by atoms with Crippen LogP contribution in [0.5, 0.6) is 0 Å². The Hall–Kier alpha value is -9.82. The third-order valence-corrected chi connectivity index (χ3v) is 20.0. The van der Waals surface area contributed by atoms with Crippen molar-refractivity contribution in [2.45, 2.75) is 5.41 Å². The van der Waals surface area contributed by atoms with Crippen LogP contribution in [0.2, 0.25) is 0 Å². The Bertz CT molecular complexity index is 3910. The first-order valence-electron chi connectivity index (χ1n) is 25.8. The van der Waals surface area contributed by atoms with Crippen molar-refractivity contribution in [1.29, 1.82) is 0 Å². The second-order valence-corrected chi connectivity index (χ2v) is 23.1. The Balaban J connectivity index is 0.912. The molecule has 0 N–H and O–H groups in total. The topological polar surface area (TPSA) is 61.4 Å². The summed E-state index contributed by atoms with van der Waals surface area (Å²) in [7, 11) is -2.92. The lowest BCUT2D eigenvalue weighted by atomic mass is 9.67. The fourth-order valence-electron chi connectivity index (χ4n) is 12.1. The largest absolute Gasteiger partial charge is 0.278 e. The van der Waals surface area contributed by atoms with Crippen molar-refractivity contribution in [3.8, 4) is 23.0 Å². The van der Waals surface area contributed by atoms with Gasteiger partial charge in [0, 0.05) is 39.3 Å². The van der Waals surface area contributed by atoms with Crippen LogP contribution in [0.4, 0.5) is 0 Å². The highest BCUT2D eigenvalue weighted by atomic mass is 28.3. The van der Waals surface area contributed by atoms with E-state index in [0.717, 1.165) is 82.4 Å². The Morgan fingerprint density at radius 1 is 0.303 bits per heavy atom. The molecule has 0 spiro atoms. The molecule has 76 heavy (non-hydrogen) atoms. The number of rotatable bonds is 11. The summed E-state index contributed by atoms with van der Waals surface area (Å²) in [4.78, 5) is 21.4. The van der Waals surface area contributed by atoms with Crippen LogP contribution in [0.15, 0.2) is 291 Å². The van der Waals surface area contributed by atoms with E-state index in [-0.39, 0.29) is 0 Å². The lowest BCUT2D eigenvalue weighted by molar-refractivity contribution is 0.704. The highest BCUT2D eigenvalue weighted by Gasteiger charge is 2.44. The van der Waals surface area contributed by atoms with Crippen molar-refractivity contribution in [2.24, 2.45) is 0 Å². The number of para-hydroxylation sites is 2. The van der Waals surface area contributed by atoms with Crippen LogP contribution in [-0.2, 0) is 5.41 Å². The molecule has 4 aromatic heterocycles. The monoisotopic (exact) mass is 988 g/mol. The summed E-state index contributed by atoms with van der Waals surface area (Å²) in [5.41, 5.74) is 9.94. The first kappa shape index (κ1) is 44.8. The molecule has 0 radical (unpaired) electrons. The average molecular weight is 989 g/mol. The molecule has 0 aliphatic heterocycles. The maximum Gasteiger partial charge on any atom is 0.234 e. The third kappa shape index (κ3) is 7.08. The van der Waals surface area contributed by atoms with Crippen molar-refractivity contribution >= 4 is 72.6 Å². The SMILES string of the molecule is c1ccc(C(c2ccccc2)(c2ccccc2)c2ccnc(-n3c4ccccc4c4cc(-c5ccc6c(c5)c5ccccc5n6-c5nccc([Si](c6ccccc6)(c6ccccc6)c6ccccc6)n5)ccc43)n2)cc1. The Kier molecular flexibility index (Phi) is 11.0. The molecular formula is C69H48N6Si. The van der Waals surface area contributed by atoms with Crippen LogP contribution in [-0.4, -0.2) is 37.1 Å². The smallest absolute Gasteiger partial charge is 0.234 e. The van der Waals surface area contributed by atoms with Gasteiger partial charge in [0.2, 0.25) is 20.0 Å².